The van der Waals surface area contributed by atoms with Crippen LogP contribution in [0.1, 0.15) is 53.0 Å². The van der Waals surface area contributed by atoms with Crippen molar-refractivity contribution < 1.29 is 9.59 Å². The fraction of sp³-hybridized carbons (Fsp3) is 0.476. The number of para-hydroxylation sites is 1. The largest absolute Gasteiger partial charge is 0.337 e. The molecule has 2 aromatic rings. The van der Waals surface area contributed by atoms with Gasteiger partial charge in [-0.15, -0.1) is 11.3 Å². The number of nitrogens with one attached hydrogen (secondary N) is 1. The minimum absolute atomic E-state index is 0.0108. The van der Waals surface area contributed by atoms with E-state index < -0.39 is 0 Å². The van der Waals surface area contributed by atoms with Gasteiger partial charge in [-0.3, -0.25) is 9.59 Å². The number of amides is 2. The minimum Gasteiger partial charge on any atom is -0.337 e. The van der Waals surface area contributed by atoms with Crippen LogP contribution in [0.15, 0.2) is 30.3 Å². The zero-order chi connectivity index (χ0) is 19.2. The summed E-state index contributed by atoms with van der Waals surface area (Å²) in [5.41, 5.74) is 1.61. The van der Waals surface area contributed by atoms with Crippen molar-refractivity contribution in [3.05, 3.63) is 45.9 Å². The number of aryl methyl sites for hydroxylation is 2. The molecule has 0 spiro atoms. The zero-order valence-corrected chi connectivity index (χ0v) is 16.8. The summed E-state index contributed by atoms with van der Waals surface area (Å²) in [6.07, 6.45) is 4.79. The van der Waals surface area contributed by atoms with Crippen LogP contribution in [0.5, 0.6) is 0 Å². The van der Waals surface area contributed by atoms with Crippen molar-refractivity contribution in [2.24, 2.45) is 5.92 Å². The third-order valence-electron chi connectivity index (χ3n) is 4.90. The van der Waals surface area contributed by atoms with Gasteiger partial charge in [0.15, 0.2) is 0 Å². The van der Waals surface area contributed by atoms with E-state index in [0.29, 0.717) is 13.1 Å². The topological polar surface area (TPSA) is 62.3 Å². The summed E-state index contributed by atoms with van der Waals surface area (Å²) >= 11 is 1.51. The predicted molar refractivity (Wildman–Crippen MR) is 109 cm³/mol. The smallest absolute Gasteiger partial charge is 0.265 e. The molecule has 2 heterocycles. The summed E-state index contributed by atoms with van der Waals surface area (Å²) in [5, 5.41) is 4.00. The van der Waals surface area contributed by atoms with Crippen molar-refractivity contribution in [3.8, 4) is 0 Å². The first kappa shape index (κ1) is 19.5. The van der Waals surface area contributed by atoms with Crippen molar-refractivity contribution in [3.63, 3.8) is 0 Å². The van der Waals surface area contributed by atoms with Crippen LogP contribution in [0.2, 0.25) is 0 Å². The van der Waals surface area contributed by atoms with E-state index in [-0.39, 0.29) is 17.7 Å². The first-order valence-electron chi connectivity index (χ1n) is 9.70. The molecule has 1 fully saturated rings. The van der Waals surface area contributed by atoms with Gasteiger partial charge in [-0.2, -0.15) is 0 Å². The number of anilines is 1. The number of aromatic nitrogens is 1. The summed E-state index contributed by atoms with van der Waals surface area (Å²) in [6, 6.07) is 9.47. The molecule has 0 aliphatic carbocycles. The van der Waals surface area contributed by atoms with Gasteiger partial charge < -0.3 is 10.2 Å². The quantitative estimate of drug-likeness (QED) is 0.807. The van der Waals surface area contributed by atoms with Crippen LogP contribution in [0.3, 0.4) is 0 Å². The molecule has 1 aromatic carbocycles. The number of hydrogen-bond acceptors (Lipinski definition) is 4. The lowest BCUT2D eigenvalue weighted by Gasteiger charge is -2.31. The fourth-order valence-corrected chi connectivity index (χ4v) is 4.45. The zero-order valence-electron chi connectivity index (χ0n) is 16.0. The monoisotopic (exact) mass is 385 g/mol. The molecular formula is C21H27N3O2S. The molecule has 2 amide bonds. The number of likely N-dealkylation sites (tertiary alicyclic amines) is 1. The van der Waals surface area contributed by atoms with Crippen molar-refractivity contribution in [2.75, 3.05) is 18.4 Å². The highest BCUT2D eigenvalue weighted by Gasteiger charge is 2.30. The number of carbonyl (C=O) groups excluding carboxylic acids is 2. The lowest BCUT2D eigenvalue weighted by molar-refractivity contribution is -0.121. The minimum atomic E-state index is -0.171. The van der Waals surface area contributed by atoms with Crippen molar-refractivity contribution >= 4 is 28.8 Å². The van der Waals surface area contributed by atoms with Crippen LogP contribution in [-0.2, 0) is 11.2 Å². The lowest BCUT2D eigenvalue weighted by atomic mass is 9.96. The highest BCUT2D eigenvalue weighted by Crippen LogP contribution is 2.25. The second-order valence-electron chi connectivity index (χ2n) is 7.07. The molecule has 1 saturated heterocycles. The van der Waals surface area contributed by atoms with E-state index >= 15 is 0 Å². The van der Waals surface area contributed by atoms with Gasteiger partial charge in [-0.1, -0.05) is 31.5 Å². The highest BCUT2D eigenvalue weighted by molar-refractivity contribution is 7.13. The molecule has 1 aromatic heterocycles. The molecule has 0 unspecified atom stereocenters. The Morgan fingerprint density at radius 3 is 2.81 bits per heavy atom. The first-order chi connectivity index (χ1) is 13.1. The SMILES string of the molecule is CCCCc1nc(C)c(C(=O)N2CCC[C@H](C(=O)Nc3ccccc3)C2)s1. The Kier molecular flexibility index (Phi) is 6.61. The Bertz CT molecular complexity index is 788. The molecule has 1 aliphatic heterocycles. The number of hydrogen-bond donors (Lipinski definition) is 1. The third-order valence-corrected chi connectivity index (χ3v) is 6.11. The molecule has 3 rings (SSSR count). The van der Waals surface area contributed by atoms with Gasteiger partial charge in [0.2, 0.25) is 5.91 Å². The molecular weight excluding hydrogens is 358 g/mol. The standard InChI is InChI=1S/C21H27N3O2S/c1-3-4-12-18-22-15(2)19(27-18)21(26)24-13-8-9-16(14-24)20(25)23-17-10-6-5-7-11-17/h5-7,10-11,16H,3-4,8-9,12-14H2,1-2H3,(H,23,25)/t16-/m0/s1. The summed E-state index contributed by atoms with van der Waals surface area (Å²) in [6.45, 7) is 5.23. The number of rotatable bonds is 6. The van der Waals surface area contributed by atoms with E-state index in [1.165, 1.54) is 11.3 Å². The third kappa shape index (κ3) is 4.95. The summed E-state index contributed by atoms with van der Waals surface area (Å²) in [4.78, 5) is 32.7. The molecule has 0 saturated carbocycles. The van der Waals surface area contributed by atoms with Gasteiger partial charge in [0.25, 0.3) is 5.91 Å². The second kappa shape index (κ2) is 9.13. The Labute approximate surface area is 164 Å². The van der Waals surface area contributed by atoms with Gasteiger partial charge in [-0.25, -0.2) is 4.98 Å². The van der Waals surface area contributed by atoms with Crippen LogP contribution in [0, 0.1) is 12.8 Å². The van der Waals surface area contributed by atoms with Crippen LogP contribution < -0.4 is 5.32 Å². The number of thiazole rings is 1. The number of benzene rings is 1. The maximum Gasteiger partial charge on any atom is 0.265 e. The lowest BCUT2D eigenvalue weighted by Crippen LogP contribution is -2.43. The number of nitrogens with zero attached hydrogens (tertiary/aromatic N) is 2. The predicted octanol–water partition coefficient (Wildman–Crippen LogP) is 4.29. The molecule has 1 atom stereocenters. The Balaban J connectivity index is 1.64. The average Bonchev–Trinajstić information content (AvgIpc) is 3.07. The van der Waals surface area contributed by atoms with E-state index in [0.717, 1.165) is 53.4 Å². The summed E-state index contributed by atoms with van der Waals surface area (Å²) in [5.74, 6) is -0.163. The molecule has 5 nitrogen and oxygen atoms in total. The Hall–Kier alpha value is -2.21. The Morgan fingerprint density at radius 2 is 2.07 bits per heavy atom. The van der Waals surface area contributed by atoms with E-state index in [1.807, 2.05) is 42.2 Å². The van der Waals surface area contributed by atoms with Crippen LogP contribution in [0.4, 0.5) is 5.69 Å². The van der Waals surface area contributed by atoms with Crippen molar-refractivity contribution in [1.82, 2.24) is 9.88 Å². The number of piperidine rings is 1. The van der Waals surface area contributed by atoms with Gasteiger partial charge in [0.05, 0.1) is 16.6 Å². The maximum absolute atomic E-state index is 13.0. The van der Waals surface area contributed by atoms with Gasteiger partial charge in [0.1, 0.15) is 4.88 Å². The van der Waals surface area contributed by atoms with E-state index in [4.69, 9.17) is 0 Å². The average molecular weight is 386 g/mol. The summed E-state index contributed by atoms with van der Waals surface area (Å²) in [7, 11) is 0. The fourth-order valence-electron chi connectivity index (χ4n) is 3.37. The molecule has 27 heavy (non-hydrogen) atoms. The highest BCUT2D eigenvalue weighted by atomic mass is 32.1. The maximum atomic E-state index is 13.0. The summed E-state index contributed by atoms with van der Waals surface area (Å²) < 4.78 is 0. The van der Waals surface area contributed by atoms with Crippen LogP contribution >= 0.6 is 11.3 Å². The number of carbonyl (C=O) groups is 2. The van der Waals surface area contributed by atoms with Gasteiger partial charge in [0, 0.05) is 18.8 Å². The van der Waals surface area contributed by atoms with Crippen LogP contribution in [-0.4, -0.2) is 34.8 Å². The molecule has 0 bridgehead atoms. The second-order valence-corrected chi connectivity index (χ2v) is 8.15. The number of unbranched alkanes of at least 4 members (excludes halogenated alkanes) is 1. The van der Waals surface area contributed by atoms with E-state index in [9.17, 15) is 9.59 Å². The van der Waals surface area contributed by atoms with Crippen molar-refractivity contribution in [1.29, 1.82) is 0 Å². The Morgan fingerprint density at radius 1 is 1.30 bits per heavy atom. The normalized spacial score (nSPS) is 17.0. The van der Waals surface area contributed by atoms with E-state index in [2.05, 4.69) is 17.2 Å². The first-order valence-corrected chi connectivity index (χ1v) is 10.5. The van der Waals surface area contributed by atoms with Crippen molar-refractivity contribution in [2.45, 2.75) is 46.0 Å². The molecule has 6 heteroatoms. The van der Waals surface area contributed by atoms with Crippen LogP contribution in [0.25, 0.3) is 0 Å². The van der Waals surface area contributed by atoms with Gasteiger partial charge in [-0.05, 0) is 44.7 Å². The molecule has 1 aliphatic rings. The van der Waals surface area contributed by atoms with E-state index in [1.54, 1.807) is 0 Å². The molecule has 144 valence electrons. The van der Waals surface area contributed by atoms with Gasteiger partial charge >= 0.3 is 0 Å². The molecule has 0 radical (unpaired) electrons. The molecule has 1 N–H and O–H groups in total.